The summed E-state index contributed by atoms with van der Waals surface area (Å²) >= 11 is 0. The van der Waals surface area contributed by atoms with Crippen molar-refractivity contribution in [1.29, 1.82) is 0 Å². The predicted octanol–water partition coefficient (Wildman–Crippen LogP) is 2.18. The third-order valence-corrected chi connectivity index (χ3v) is 6.69. The van der Waals surface area contributed by atoms with Gasteiger partial charge in [0.1, 0.15) is 0 Å². The highest BCUT2D eigenvalue weighted by Gasteiger charge is 2.45. The minimum absolute atomic E-state index is 0.0368. The van der Waals surface area contributed by atoms with Crippen LogP contribution in [0.2, 0.25) is 0 Å². The molecule has 0 saturated heterocycles. The average molecular weight is 544 g/mol. The Morgan fingerprint density at radius 2 is 1.38 bits per heavy atom. The van der Waals surface area contributed by atoms with Gasteiger partial charge < -0.3 is 33.6 Å². The fraction of sp³-hybridized carbons (Fsp3) is 0.267. The van der Waals surface area contributed by atoms with E-state index < -0.39 is 35.2 Å². The zero-order valence-corrected chi connectivity index (χ0v) is 22.5. The largest absolute Gasteiger partial charge is 0.370 e. The van der Waals surface area contributed by atoms with Gasteiger partial charge in [0.25, 0.3) is 0 Å². The van der Waals surface area contributed by atoms with Crippen LogP contribution in [0.4, 0.5) is 4.79 Å². The Kier molecular flexibility index (Phi) is 10.4. The van der Waals surface area contributed by atoms with E-state index >= 15 is 0 Å². The van der Waals surface area contributed by atoms with E-state index in [0.29, 0.717) is 6.42 Å². The van der Waals surface area contributed by atoms with Gasteiger partial charge in [0.2, 0.25) is 5.91 Å². The van der Waals surface area contributed by atoms with E-state index in [9.17, 15) is 14.4 Å². The van der Waals surface area contributed by atoms with Crippen LogP contribution in [0.25, 0.3) is 0 Å². The number of aliphatic imine (C=N–C) groups is 1. The number of Topliss-reactive ketones (excluding diaryl/α,β-unsaturated/α-hetero) is 1. The number of primary amides is 1. The second-order valence-corrected chi connectivity index (χ2v) is 9.65. The first-order chi connectivity index (χ1) is 19.1. The lowest BCUT2D eigenvalue weighted by Crippen LogP contribution is -2.61. The van der Waals surface area contributed by atoms with Gasteiger partial charge in [-0.1, -0.05) is 84.9 Å². The lowest BCUT2D eigenvalue weighted by atomic mass is 9.76. The highest BCUT2D eigenvalue weighted by molar-refractivity contribution is 6.14. The van der Waals surface area contributed by atoms with Gasteiger partial charge >= 0.3 is 6.03 Å². The first-order valence-electron chi connectivity index (χ1n) is 13.0. The maximum absolute atomic E-state index is 14.3. The average Bonchev–Trinajstić information content (AvgIpc) is 2.95. The normalized spacial score (nSPS) is 13.1. The van der Waals surface area contributed by atoms with E-state index in [-0.39, 0.29) is 25.5 Å². The van der Waals surface area contributed by atoms with Crippen molar-refractivity contribution in [3.63, 3.8) is 0 Å². The molecule has 0 aromatic heterocycles. The molecule has 3 amide bonds. The topological polar surface area (TPSA) is 192 Å². The van der Waals surface area contributed by atoms with Crippen molar-refractivity contribution < 1.29 is 14.4 Å². The van der Waals surface area contributed by atoms with Gasteiger partial charge in [-0.05, 0) is 42.0 Å². The molecule has 0 aliphatic heterocycles. The molecule has 40 heavy (non-hydrogen) atoms. The van der Waals surface area contributed by atoms with Gasteiger partial charge in [-0.2, -0.15) is 0 Å². The lowest BCUT2D eigenvalue weighted by Gasteiger charge is -2.32. The van der Waals surface area contributed by atoms with E-state index in [2.05, 4.69) is 15.6 Å². The van der Waals surface area contributed by atoms with Gasteiger partial charge in [0.15, 0.2) is 17.3 Å². The molecule has 3 aromatic carbocycles. The number of carbonyl (C=O) groups is 3. The number of benzene rings is 3. The Morgan fingerprint density at radius 1 is 0.825 bits per heavy atom. The molecule has 2 atom stereocenters. The van der Waals surface area contributed by atoms with Crippen LogP contribution >= 0.6 is 0 Å². The number of hydrogen-bond acceptors (Lipinski definition) is 5. The fourth-order valence-electron chi connectivity index (χ4n) is 4.48. The summed E-state index contributed by atoms with van der Waals surface area (Å²) in [4.78, 5) is 43.1. The number of rotatable bonds is 13. The summed E-state index contributed by atoms with van der Waals surface area (Å²) in [5.74, 6) is -1.85. The van der Waals surface area contributed by atoms with Gasteiger partial charge in [-0.15, -0.1) is 0 Å². The molecule has 10 heteroatoms. The van der Waals surface area contributed by atoms with Crippen molar-refractivity contribution in [3.05, 3.63) is 107 Å². The van der Waals surface area contributed by atoms with Crippen molar-refractivity contribution >= 4 is 23.7 Å². The van der Waals surface area contributed by atoms with Gasteiger partial charge in [0, 0.05) is 13.1 Å². The quantitative estimate of drug-likeness (QED) is 0.0828. The number of nitrogens with one attached hydrogen (secondary N) is 2. The fourth-order valence-corrected chi connectivity index (χ4v) is 4.48. The summed E-state index contributed by atoms with van der Waals surface area (Å²) in [6.07, 6.45) is 0.356. The molecule has 0 bridgehead atoms. The Hall–Kier alpha value is -4.70. The van der Waals surface area contributed by atoms with E-state index in [0.717, 1.165) is 22.3 Å². The molecular formula is C30H37N7O3. The van der Waals surface area contributed by atoms with Gasteiger partial charge in [-0.25, -0.2) is 4.79 Å². The molecule has 0 aliphatic carbocycles. The smallest absolute Gasteiger partial charge is 0.312 e. The van der Waals surface area contributed by atoms with E-state index in [1.54, 1.807) is 0 Å². The van der Waals surface area contributed by atoms with Crippen LogP contribution in [-0.2, 0) is 16.1 Å². The first kappa shape index (κ1) is 29.9. The molecule has 0 heterocycles. The van der Waals surface area contributed by atoms with Crippen LogP contribution in [0.15, 0.2) is 89.9 Å². The molecule has 0 saturated carbocycles. The number of nitrogens with two attached hydrogens (primary N) is 4. The van der Waals surface area contributed by atoms with Crippen LogP contribution in [0.1, 0.15) is 54.0 Å². The summed E-state index contributed by atoms with van der Waals surface area (Å²) < 4.78 is 0. The summed E-state index contributed by atoms with van der Waals surface area (Å²) in [5, 5.41) is 5.47. The first-order valence-corrected chi connectivity index (χ1v) is 13.0. The number of amides is 3. The molecule has 0 spiro atoms. The molecule has 0 radical (unpaired) electrons. The zero-order chi connectivity index (χ0) is 29.1. The minimum atomic E-state index is -1.87. The van der Waals surface area contributed by atoms with Crippen molar-refractivity contribution in [2.75, 3.05) is 6.54 Å². The van der Waals surface area contributed by atoms with Crippen molar-refractivity contribution in [2.24, 2.45) is 27.9 Å². The minimum Gasteiger partial charge on any atom is -0.370 e. The lowest BCUT2D eigenvalue weighted by molar-refractivity contribution is -0.137. The molecular weight excluding hydrogens is 506 g/mol. The molecule has 10 nitrogen and oxygen atoms in total. The number of carbonyl (C=O) groups excluding carboxylic acids is 3. The molecule has 3 rings (SSSR count). The Labute approximate surface area is 234 Å². The van der Waals surface area contributed by atoms with Crippen molar-refractivity contribution in [1.82, 2.24) is 10.6 Å². The van der Waals surface area contributed by atoms with Crippen molar-refractivity contribution in [2.45, 2.75) is 43.8 Å². The number of nitrogens with zero attached hydrogens (tertiary/aromatic N) is 1. The van der Waals surface area contributed by atoms with Crippen LogP contribution in [0, 0.1) is 0 Å². The van der Waals surface area contributed by atoms with E-state index in [1.165, 1.54) is 0 Å². The number of ketones is 1. The Morgan fingerprint density at radius 3 is 1.88 bits per heavy atom. The molecule has 0 aliphatic rings. The summed E-state index contributed by atoms with van der Waals surface area (Å²) in [6.45, 7) is 2.32. The van der Waals surface area contributed by atoms with Crippen LogP contribution in [-0.4, -0.2) is 35.8 Å². The van der Waals surface area contributed by atoms with E-state index in [1.807, 2.05) is 91.9 Å². The maximum atomic E-state index is 14.3. The van der Waals surface area contributed by atoms with Gasteiger partial charge in [-0.3, -0.25) is 14.6 Å². The zero-order valence-electron chi connectivity index (χ0n) is 22.5. The van der Waals surface area contributed by atoms with Crippen LogP contribution in [0.5, 0.6) is 0 Å². The SMILES string of the molecule is C[C@H](NC(=O)[C@@](N)(CCCN=C(N)N)C(=O)C(c1ccccc1)c1ccccc1)c1ccc(CNC(N)=O)cc1. The summed E-state index contributed by atoms with van der Waals surface area (Å²) in [5.41, 5.74) is 24.1. The molecule has 0 fully saturated rings. The number of hydrogen-bond donors (Lipinski definition) is 6. The molecule has 3 aromatic rings. The van der Waals surface area contributed by atoms with Gasteiger partial charge in [0.05, 0.1) is 12.0 Å². The molecule has 0 unspecified atom stereocenters. The highest BCUT2D eigenvalue weighted by atomic mass is 16.2. The third-order valence-electron chi connectivity index (χ3n) is 6.69. The third kappa shape index (κ3) is 7.90. The summed E-state index contributed by atoms with van der Waals surface area (Å²) in [7, 11) is 0. The second-order valence-electron chi connectivity index (χ2n) is 9.65. The monoisotopic (exact) mass is 543 g/mol. The number of guanidine groups is 1. The standard InChI is InChI=1S/C30H37N7O3/c1-20(22-15-13-21(14-16-22)19-36-29(33)40)37-27(39)30(34,17-8-18-35-28(31)32)26(38)25(23-9-4-2-5-10-23)24-11-6-3-7-12-24/h2-7,9-16,20,25H,8,17-19,34H2,1H3,(H,37,39)(H4,31,32,35)(H3,33,36,40)/t20-,30+/m0/s1. The van der Waals surface area contributed by atoms with Crippen LogP contribution in [0.3, 0.4) is 0 Å². The predicted molar refractivity (Wildman–Crippen MR) is 156 cm³/mol. The highest BCUT2D eigenvalue weighted by Crippen LogP contribution is 2.31. The van der Waals surface area contributed by atoms with Crippen LogP contribution < -0.4 is 33.6 Å². The number of urea groups is 1. The van der Waals surface area contributed by atoms with E-state index in [4.69, 9.17) is 22.9 Å². The second kappa shape index (κ2) is 13.9. The maximum Gasteiger partial charge on any atom is 0.312 e. The Bertz CT molecular complexity index is 1270. The summed E-state index contributed by atoms with van der Waals surface area (Å²) in [6, 6.07) is 24.8. The van der Waals surface area contributed by atoms with Crippen molar-refractivity contribution in [3.8, 4) is 0 Å². The molecule has 210 valence electrons. The molecule has 10 N–H and O–H groups in total. The Balaban J connectivity index is 1.90.